The summed E-state index contributed by atoms with van der Waals surface area (Å²) in [7, 11) is 0. The minimum Gasteiger partial charge on any atom is -0.368 e. The first-order valence-electron chi connectivity index (χ1n) is 8.35. The Bertz CT molecular complexity index is 552. The van der Waals surface area contributed by atoms with Crippen LogP contribution in [0, 0.1) is 23.7 Å². The third kappa shape index (κ3) is 2.31. The molecule has 22 heavy (non-hydrogen) atoms. The van der Waals surface area contributed by atoms with Gasteiger partial charge in [0.15, 0.2) is 0 Å². The van der Waals surface area contributed by atoms with Gasteiger partial charge in [-0.1, -0.05) is 45.4 Å². The number of piperazine rings is 1. The van der Waals surface area contributed by atoms with E-state index in [1.165, 1.54) is 11.3 Å². The van der Waals surface area contributed by atoms with Crippen molar-refractivity contribution in [1.82, 2.24) is 4.90 Å². The lowest BCUT2D eigenvalue weighted by atomic mass is 10.0. The Kier molecular flexibility index (Phi) is 3.50. The summed E-state index contributed by atoms with van der Waals surface area (Å²) in [5.41, 5.74) is 2.83. The number of carbonyl (C=O) groups excluding carboxylic acids is 1. The number of benzene rings is 1. The summed E-state index contributed by atoms with van der Waals surface area (Å²) in [5.74, 6) is 0.546. The molecular formula is C19H28N2O. The molecule has 1 amide bonds. The summed E-state index contributed by atoms with van der Waals surface area (Å²) >= 11 is 0. The van der Waals surface area contributed by atoms with Crippen molar-refractivity contribution >= 4 is 11.6 Å². The van der Waals surface area contributed by atoms with Gasteiger partial charge in [0.1, 0.15) is 0 Å². The van der Waals surface area contributed by atoms with E-state index in [-0.39, 0.29) is 16.7 Å². The number of carbonyl (C=O) groups is 1. The fourth-order valence-electron chi connectivity index (χ4n) is 3.94. The molecule has 1 heterocycles. The number of hydrogen-bond donors (Lipinski definition) is 0. The molecule has 0 unspecified atom stereocenters. The van der Waals surface area contributed by atoms with E-state index in [0.29, 0.717) is 5.91 Å². The van der Waals surface area contributed by atoms with Crippen molar-refractivity contribution in [2.45, 2.75) is 34.6 Å². The van der Waals surface area contributed by atoms with Crippen LogP contribution in [0.3, 0.4) is 0 Å². The topological polar surface area (TPSA) is 23.6 Å². The molecule has 0 radical (unpaired) electrons. The fourth-order valence-corrected chi connectivity index (χ4v) is 3.94. The van der Waals surface area contributed by atoms with Gasteiger partial charge < -0.3 is 9.80 Å². The lowest BCUT2D eigenvalue weighted by molar-refractivity contribution is -0.134. The van der Waals surface area contributed by atoms with Crippen molar-refractivity contribution in [3.8, 4) is 0 Å². The van der Waals surface area contributed by atoms with Gasteiger partial charge in [0.25, 0.3) is 0 Å². The van der Waals surface area contributed by atoms with Crippen LogP contribution >= 0.6 is 0 Å². The SMILES string of the molecule is Cc1ccc(N2CCN(C(=O)C3C(C)(C)C3(C)C)CC2)cc1. The van der Waals surface area contributed by atoms with Crippen LogP contribution in [0.2, 0.25) is 0 Å². The highest BCUT2D eigenvalue weighted by molar-refractivity contribution is 5.84. The van der Waals surface area contributed by atoms with E-state index < -0.39 is 0 Å². The second kappa shape index (κ2) is 5.00. The second-order valence-electron chi connectivity index (χ2n) is 8.02. The van der Waals surface area contributed by atoms with Gasteiger partial charge in [0.05, 0.1) is 0 Å². The quantitative estimate of drug-likeness (QED) is 0.836. The summed E-state index contributed by atoms with van der Waals surface area (Å²) in [6.07, 6.45) is 0. The molecule has 3 rings (SSSR count). The lowest BCUT2D eigenvalue weighted by Crippen LogP contribution is -2.49. The Hall–Kier alpha value is -1.51. The molecular weight excluding hydrogens is 272 g/mol. The average molecular weight is 300 g/mol. The monoisotopic (exact) mass is 300 g/mol. The van der Waals surface area contributed by atoms with Crippen LogP contribution in [0.5, 0.6) is 0 Å². The van der Waals surface area contributed by atoms with Crippen LogP contribution in [0.15, 0.2) is 24.3 Å². The molecule has 1 aromatic carbocycles. The van der Waals surface area contributed by atoms with Crippen LogP contribution in [-0.4, -0.2) is 37.0 Å². The summed E-state index contributed by atoms with van der Waals surface area (Å²) in [4.78, 5) is 17.2. The third-order valence-electron chi connectivity index (χ3n) is 6.26. The van der Waals surface area contributed by atoms with Gasteiger partial charge in [-0.2, -0.15) is 0 Å². The molecule has 3 nitrogen and oxygen atoms in total. The molecule has 1 aliphatic carbocycles. The number of anilines is 1. The number of aryl methyl sites for hydroxylation is 1. The van der Waals surface area contributed by atoms with Crippen LogP contribution in [0.4, 0.5) is 5.69 Å². The van der Waals surface area contributed by atoms with Crippen molar-refractivity contribution in [3.63, 3.8) is 0 Å². The maximum Gasteiger partial charge on any atom is 0.226 e. The molecule has 1 aliphatic heterocycles. The first-order chi connectivity index (χ1) is 10.2. The smallest absolute Gasteiger partial charge is 0.226 e. The molecule has 0 atom stereocenters. The summed E-state index contributed by atoms with van der Waals surface area (Å²) in [6, 6.07) is 8.67. The maximum absolute atomic E-state index is 12.8. The summed E-state index contributed by atoms with van der Waals surface area (Å²) in [6.45, 7) is 14.5. The van der Waals surface area contributed by atoms with Crippen molar-refractivity contribution < 1.29 is 4.79 Å². The van der Waals surface area contributed by atoms with Crippen LogP contribution in [0.25, 0.3) is 0 Å². The zero-order valence-electron chi connectivity index (χ0n) is 14.5. The Morgan fingerprint density at radius 1 is 0.955 bits per heavy atom. The van der Waals surface area contributed by atoms with E-state index in [1.807, 2.05) is 0 Å². The highest BCUT2D eigenvalue weighted by Crippen LogP contribution is 2.68. The molecule has 1 aromatic rings. The zero-order valence-corrected chi connectivity index (χ0v) is 14.5. The van der Waals surface area contributed by atoms with E-state index >= 15 is 0 Å². The van der Waals surface area contributed by atoms with E-state index in [0.717, 1.165) is 26.2 Å². The minimum absolute atomic E-state index is 0.137. The number of amides is 1. The summed E-state index contributed by atoms with van der Waals surface area (Å²) in [5, 5.41) is 0. The highest BCUT2D eigenvalue weighted by Gasteiger charge is 2.68. The first-order valence-corrected chi connectivity index (χ1v) is 8.35. The molecule has 2 aliphatic rings. The van der Waals surface area contributed by atoms with Crippen molar-refractivity contribution in [3.05, 3.63) is 29.8 Å². The summed E-state index contributed by atoms with van der Waals surface area (Å²) < 4.78 is 0. The Balaban J connectivity index is 1.61. The maximum atomic E-state index is 12.8. The van der Waals surface area contributed by atoms with Gasteiger partial charge in [-0.15, -0.1) is 0 Å². The average Bonchev–Trinajstić information content (AvgIpc) is 2.89. The van der Waals surface area contributed by atoms with E-state index in [2.05, 4.69) is 68.7 Å². The minimum atomic E-state index is 0.137. The number of nitrogens with zero attached hydrogens (tertiary/aromatic N) is 2. The van der Waals surface area contributed by atoms with Crippen molar-refractivity contribution in [1.29, 1.82) is 0 Å². The Labute approximate surface area is 134 Å². The first kappa shape index (κ1) is 15.4. The Morgan fingerprint density at radius 2 is 1.45 bits per heavy atom. The van der Waals surface area contributed by atoms with Crippen molar-refractivity contribution in [2.24, 2.45) is 16.7 Å². The number of hydrogen-bond acceptors (Lipinski definition) is 2. The van der Waals surface area contributed by atoms with E-state index in [1.54, 1.807) is 0 Å². The molecule has 120 valence electrons. The van der Waals surface area contributed by atoms with Gasteiger partial charge in [0.2, 0.25) is 5.91 Å². The van der Waals surface area contributed by atoms with Crippen molar-refractivity contribution in [2.75, 3.05) is 31.1 Å². The van der Waals surface area contributed by atoms with E-state index in [9.17, 15) is 4.79 Å². The van der Waals surface area contributed by atoms with E-state index in [4.69, 9.17) is 0 Å². The number of rotatable bonds is 2. The molecule has 0 N–H and O–H groups in total. The van der Waals surface area contributed by atoms with Gasteiger partial charge >= 0.3 is 0 Å². The van der Waals surface area contributed by atoms with Crippen LogP contribution in [0.1, 0.15) is 33.3 Å². The molecule has 0 bridgehead atoms. The third-order valence-corrected chi connectivity index (χ3v) is 6.26. The largest absolute Gasteiger partial charge is 0.368 e. The zero-order chi connectivity index (χ0) is 16.1. The predicted molar refractivity (Wildman–Crippen MR) is 91.0 cm³/mol. The van der Waals surface area contributed by atoms with Crippen LogP contribution < -0.4 is 4.90 Å². The fraction of sp³-hybridized carbons (Fsp3) is 0.632. The molecule has 1 saturated carbocycles. The van der Waals surface area contributed by atoms with Gasteiger partial charge in [-0.3, -0.25) is 4.79 Å². The predicted octanol–water partition coefficient (Wildman–Crippen LogP) is 3.33. The lowest BCUT2D eigenvalue weighted by Gasteiger charge is -2.36. The molecule has 1 saturated heterocycles. The van der Waals surface area contributed by atoms with Crippen LogP contribution in [-0.2, 0) is 4.79 Å². The van der Waals surface area contributed by atoms with Gasteiger partial charge in [-0.05, 0) is 29.9 Å². The highest BCUT2D eigenvalue weighted by atomic mass is 16.2. The molecule has 3 heteroatoms. The normalized spacial score (nSPS) is 23.5. The second-order valence-corrected chi connectivity index (χ2v) is 8.02. The van der Waals surface area contributed by atoms with Gasteiger partial charge in [0, 0.05) is 37.8 Å². The van der Waals surface area contributed by atoms with Gasteiger partial charge in [-0.25, -0.2) is 0 Å². The standard InChI is InChI=1S/C19H28N2O/c1-14-6-8-15(9-7-14)20-10-12-21(13-11-20)17(22)16-18(2,3)19(16,4)5/h6-9,16H,10-13H2,1-5H3. The molecule has 0 aromatic heterocycles. The molecule has 2 fully saturated rings. The Morgan fingerprint density at radius 3 is 1.91 bits per heavy atom. The molecule has 0 spiro atoms.